The molecule has 0 atom stereocenters. The van der Waals surface area contributed by atoms with Crippen LogP contribution in [-0.4, -0.2) is 29.8 Å². The first-order valence-corrected chi connectivity index (χ1v) is 7.76. The number of amides is 1. The van der Waals surface area contributed by atoms with Crippen molar-refractivity contribution < 1.29 is 23.1 Å². The van der Waals surface area contributed by atoms with Crippen LogP contribution in [0.3, 0.4) is 0 Å². The Bertz CT molecular complexity index is 880. The number of benzene rings is 2. The first-order valence-electron chi connectivity index (χ1n) is 7.76. The van der Waals surface area contributed by atoms with Gasteiger partial charge in [0.25, 0.3) is 5.91 Å². The number of nitrogens with one attached hydrogen (secondary N) is 1. The van der Waals surface area contributed by atoms with Gasteiger partial charge >= 0.3 is 6.01 Å². The highest BCUT2D eigenvalue weighted by atomic mass is 19.1. The average Bonchev–Trinajstić information content (AvgIpc) is 3.09. The molecule has 2 aromatic carbocycles. The molecule has 0 radical (unpaired) electrons. The van der Waals surface area contributed by atoms with Crippen LogP contribution in [0, 0.1) is 5.82 Å². The molecule has 134 valence electrons. The zero-order chi connectivity index (χ0) is 18.4. The number of carbonyl (C=O) groups is 1. The number of hydrogen-bond acceptors (Lipinski definition) is 6. The lowest BCUT2D eigenvalue weighted by atomic mass is 10.1. The van der Waals surface area contributed by atoms with Crippen molar-refractivity contribution in [2.45, 2.75) is 6.42 Å². The van der Waals surface area contributed by atoms with Gasteiger partial charge in [-0.15, -0.1) is 5.10 Å². The minimum absolute atomic E-state index is 0.0317. The van der Waals surface area contributed by atoms with E-state index in [1.807, 2.05) is 0 Å². The Hall–Kier alpha value is -3.42. The van der Waals surface area contributed by atoms with Gasteiger partial charge in [0, 0.05) is 0 Å². The van der Waals surface area contributed by atoms with Gasteiger partial charge in [-0.25, -0.2) is 4.39 Å². The normalized spacial score (nSPS) is 10.4. The Balaban J connectivity index is 1.53. The summed E-state index contributed by atoms with van der Waals surface area (Å²) in [6.07, 6.45) is 0.334. The van der Waals surface area contributed by atoms with Crippen LogP contribution in [0.4, 0.5) is 10.4 Å². The third-order valence-corrected chi connectivity index (χ3v) is 3.41. The van der Waals surface area contributed by atoms with E-state index in [0.29, 0.717) is 23.8 Å². The molecule has 8 heteroatoms. The zero-order valence-corrected chi connectivity index (χ0v) is 13.9. The van der Waals surface area contributed by atoms with Gasteiger partial charge in [-0.05, 0) is 29.8 Å². The summed E-state index contributed by atoms with van der Waals surface area (Å²) in [7, 11) is 1.52. The second-order valence-electron chi connectivity index (χ2n) is 5.29. The van der Waals surface area contributed by atoms with Crippen LogP contribution in [0.25, 0.3) is 0 Å². The van der Waals surface area contributed by atoms with Gasteiger partial charge in [0.15, 0.2) is 18.1 Å². The molecule has 0 saturated carbocycles. The Morgan fingerprint density at radius 1 is 1.12 bits per heavy atom. The molecule has 26 heavy (non-hydrogen) atoms. The summed E-state index contributed by atoms with van der Waals surface area (Å²) in [5, 5.41) is 10.1. The maximum Gasteiger partial charge on any atom is 0.322 e. The number of rotatable bonds is 7. The minimum Gasteiger partial charge on any atom is -0.493 e. The SMILES string of the molecule is COc1ccccc1OCC(=O)Nc1nnc(Cc2ccc(F)cc2)o1. The van der Waals surface area contributed by atoms with Crippen molar-refractivity contribution in [3.05, 3.63) is 65.8 Å². The molecule has 0 aliphatic heterocycles. The fourth-order valence-corrected chi connectivity index (χ4v) is 2.19. The number of aromatic nitrogens is 2. The second kappa shape index (κ2) is 8.11. The van der Waals surface area contributed by atoms with Crippen LogP contribution in [0.1, 0.15) is 11.5 Å². The van der Waals surface area contributed by atoms with E-state index in [4.69, 9.17) is 13.9 Å². The van der Waals surface area contributed by atoms with Crippen molar-refractivity contribution in [1.29, 1.82) is 0 Å². The van der Waals surface area contributed by atoms with Crippen LogP contribution < -0.4 is 14.8 Å². The number of methoxy groups -OCH3 is 1. The van der Waals surface area contributed by atoms with E-state index >= 15 is 0 Å². The summed E-state index contributed by atoms with van der Waals surface area (Å²) < 4.78 is 28.8. The molecule has 0 spiro atoms. The third kappa shape index (κ3) is 4.56. The molecule has 1 aromatic heterocycles. The predicted octanol–water partition coefficient (Wildman–Crippen LogP) is 2.83. The lowest BCUT2D eigenvalue weighted by molar-refractivity contribution is -0.118. The molecule has 0 bridgehead atoms. The van der Waals surface area contributed by atoms with Gasteiger partial charge in [-0.2, -0.15) is 0 Å². The fourth-order valence-electron chi connectivity index (χ4n) is 2.19. The van der Waals surface area contributed by atoms with Crippen molar-refractivity contribution in [1.82, 2.24) is 10.2 Å². The van der Waals surface area contributed by atoms with E-state index in [9.17, 15) is 9.18 Å². The maximum atomic E-state index is 12.9. The summed E-state index contributed by atoms with van der Waals surface area (Å²) in [5.41, 5.74) is 0.812. The molecule has 3 rings (SSSR count). The van der Waals surface area contributed by atoms with Crippen LogP contribution in [0.5, 0.6) is 11.5 Å². The number of ether oxygens (including phenoxy) is 2. The Morgan fingerprint density at radius 3 is 2.58 bits per heavy atom. The monoisotopic (exact) mass is 357 g/mol. The Morgan fingerprint density at radius 2 is 1.85 bits per heavy atom. The van der Waals surface area contributed by atoms with E-state index in [-0.39, 0.29) is 18.4 Å². The lowest BCUT2D eigenvalue weighted by Crippen LogP contribution is -2.20. The van der Waals surface area contributed by atoms with Gasteiger partial charge in [0.2, 0.25) is 5.89 Å². The highest BCUT2D eigenvalue weighted by molar-refractivity contribution is 5.89. The van der Waals surface area contributed by atoms with Crippen molar-refractivity contribution in [3.8, 4) is 11.5 Å². The number of hydrogen-bond donors (Lipinski definition) is 1. The lowest BCUT2D eigenvalue weighted by Gasteiger charge is -2.09. The van der Waals surface area contributed by atoms with Crippen LogP contribution in [0.15, 0.2) is 52.9 Å². The van der Waals surface area contributed by atoms with Gasteiger partial charge < -0.3 is 13.9 Å². The molecule has 3 aromatic rings. The smallest absolute Gasteiger partial charge is 0.322 e. The molecule has 0 unspecified atom stereocenters. The van der Waals surface area contributed by atoms with Crippen molar-refractivity contribution >= 4 is 11.9 Å². The number of anilines is 1. The average molecular weight is 357 g/mol. The molecule has 0 fully saturated rings. The molecular formula is C18H16FN3O4. The molecule has 1 amide bonds. The van der Waals surface area contributed by atoms with E-state index < -0.39 is 5.91 Å². The molecule has 0 aliphatic carbocycles. The first kappa shape index (κ1) is 17.4. The van der Waals surface area contributed by atoms with Crippen molar-refractivity contribution in [3.63, 3.8) is 0 Å². The largest absolute Gasteiger partial charge is 0.493 e. The fraction of sp³-hybridized carbons (Fsp3) is 0.167. The van der Waals surface area contributed by atoms with Gasteiger partial charge in [-0.3, -0.25) is 10.1 Å². The van der Waals surface area contributed by atoms with Crippen LogP contribution in [0.2, 0.25) is 0 Å². The van der Waals surface area contributed by atoms with Crippen LogP contribution in [-0.2, 0) is 11.2 Å². The summed E-state index contributed by atoms with van der Waals surface area (Å²) in [6.45, 7) is -0.240. The summed E-state index contributed by atoms with van der Waals surface area (Å²) in [4.78, 5) is 11.9. The van der Waals surface area contributed by atoms with E-state index in [1.165, 1.54) is 19.2 Å². The van der Waals surface area contributed by atoms with E-state index in [1.54, 1.807) is 36.4 Å². The van der Waals surface area contributed by atoms with E-state index in [0.717, 1.165) is 5.56 Å². The summed E-state index contributed by atoms with van der Waals surface area (Å²) in [5.74, 6) is 0.514. The Kier molecular flexibility index (Phi) is 5.43. The number of carbonyl (C=O) groups excluding carboxylic acids is 1. The van der Waals surface area contributed by atoms with Gasteiger partial charge in [0.1, 0.15) is 5.82 Å². The van der Waals surface area contributed by atoms with Crippen LogP contribution >= 0.6 is 0 Å². The van der Waals surface area contributed by atoms with Crippen molar-refractivity contribution in [2.24, 2.45) is 0 Å². The summed E-state index contributed by atoms with van der Waals surface area (Å²) >= 11 is 0. The standard InChI is InChI=1S/C18H16FN3O4/c1-24-14-4-2-3-5-15(14)25-11-16(23)20-18-22-21-17(26-18)10-12-6-8-13(19)9-7-12/h2-9H,10-11H2,1H3,(H,20,22,23). The molecule has 1 heterocycles. The minimum atomic E-state index is -0.451. The highest BCUT2D eigenvalue weighted by Gasteiger charge is 2.12. The maximum absolute atomic E-state index is 12.9. The molecule has 1 N–H and O–H groups in total. The Labute approximate surface area is 148 Å². The molecular weight excluding hydrogens is 341 g/mol. The molecule has 0 aliphatic rings. The number of para-hydroxylation sites is 2. The zero-order valence-electron chi connectivity index (χ0n) is 13.9. The van der Waals surface area contributed by atoms with Gasteiger partial charge in [0.05, 0.1) is 13.5 Å². The van der Waals surface area contributed by atoms with E-state index in [2.05, 4.69) is 15.5 Å². The quantitative estimate of drug-likeness (QED) is 0.700. The van der Waals surface area contributed by atoms with Crippen molar-refractivity contribution in [2.75, 3.05) is 19.0 Å². The summed E-state index contributed by atoms with van der Waals surface area (Å²) in [6, 6.07) is 12.9. The topological polar surface area (TPSA) is 86.5 Å². The third-order valence-electron chi connectivity index (χ3n) is 3.41. The predicted molar refractivity (Wildman–Crippen MR) is 90.6 cm³/mol. The number of nitrogens with zero attached hydrogens (tertiary/aromatic N) is 2. The highest BCUT2D eigenvalue weighted by Crippen LogP contribution is 2.25. The second-order valence-corrected chi connectivity index (χ2v) is 5.29. The molecule has 7 nitrogen and oxygen atoms in total. The van der Waals surface area contributed by atoms with Gasteiger partial charge in [-0.1, -0.05) is 29.4 Å². The first-order chi connectivity index (χ1) is 12.6. The molecule has 0 saturated heterocycles. The number of halogens is 1.